The Kier molecular flexibility index (Phi) is 6.60. The predicted molar refractivity (Wildman–Crippen MR) is 216 cm³/mol. The van der Waals surface area contributed by atoms with Gasteiger partial charge in [0.25, 0.3) is 0 Å². The molecule has 0 unspecified atom stereocenters. The molecule has 50 heavy (non-hydrogen) atoms. The maximum absolute atomic E-state index is 2.43. The van der Waals surface area contributed by atoms with Crippen LogP contribution in [0.5, 0.6) is 0 Å². The van der Waals surface area contributed by atoms with Crippen LogP contribution in [0.4, 0.5) is 0 Å². The average molecular weight is 633 g/mol. The van der Waals surface area contributed by atoms with Gasteiger partial charge in [0.2, 0.25) is 0 Å². The van der Waals surface area contributed by atoms with Crippen LogP contribution in [0.25, 0.3) is 98.4 Å². The van der Waals surface area contributed by atoms with Gasteiger partial charge in [-0.05, 0) is 117 Å². The van der Waals surface area contributed by atoms with E-state index < -0.39 is 0 Å². The van der Waals surface area contributed by atoms with Crippen LogP contribution in [0.15, 0.2) is 194 Å². The molecule has 0 saturated heterocycles. The molecule has 0 radical (unpaired) electrons. The van der Waals surface area contributed by atoms with E-state index in [0.29, 0.717) is 0 Å². The highest BCUT2D eigenvalue weighted by Gasteiger charge is 2.20. The Hall–Kier alpha value is -6.50. The highest BCUT2D eigenvalue weighted by molar-refractivity contribution is 6.26. The van der Waals surface area contributed by atoms with E-state index in [0.717, 1.165) is 0 Å². The quantitative estimate of drug-likeness (QED) is 0.134. The van der Waals surface area contributed by atoms with Crippen molar-refractivity contribution >= 4 is 53.9 Å². The third-order valence-electron chi connectivity index (χ3n) is 10.4. The van der Waals surface area contributed by atoms with Crippen molar-refractivity contribution in [2.75, 3.05) is 0 Å². The molecule has 0 amide bonds. The van der Waals surface area contributed by atoms with Crippen molar-refractivity contribution in [2.45, 2.75) is 0 Å². The molecule has 0 nitrogen and oxygen atoms in total. The Balaban J connectivity index is 1.31. The summed E-state index contributed by atoms with van der Waals surface area (Å²) in [6, 6.07) is 71.4. The van der Waals surface area contributed by atoms with Crippen LogP contribution in [0, 0.1) is 0 Å². The Labute approximate surface area is 291 Å². The molecule has 0 saturated carbocycles. The van der Waals surface area contributed by atoms with Crippen LogP contribution in [0.2, 0.25) is 0 Å². The molecule has 0 atom stereocenters. The van der Waals surface area contributed by atoms with Gasteiger partial charge in [-0.1, -0.05) is 176 Å². The molecule has 232 valence electrons. The van der Waals surface area contributed by atoms with Gasteiger partial charge in [-0.25, -0.2) is 0 Å². The fourth-order valence-corrected chi connectivity index (χ4v) is 8.05. The van der Waals surface area contributed by atoms with Crippen molar-refractivity contribution in [3.63, 3.8) is 0 Å². The van der Waals surface area contributed by atoms with Crippen molar-refractivity contribution in [3.05, 3.63) is 194 Å². The molecule has 10 aromatic carbocycles. The van der Waals surface area contributed by atoms with Gasteiger partial charge in [-0.3, -0.25) is 0 Å². The van der Waals surface area contributed by atoms with Crippen LogP contribution in [-0.2, 0) is 0 Å². The largest absolute Gasteiger partial charge is 0.0622 e. The van der Waals surface area contributed by atoms with Crippen LogP contribution >= 0.6 is 0 Å². The molecule has 0 spiro atoms. The Morgan fingerprint density at radius 2 is 0.700 bits per heavy atom. The van der Waals surface area contributed by atoms with Gasteiger partial charge < -0.3 is 0 Å². The molecule has 0 aromatic heterocycles. The van der Waals surface area contributed by atoms with Crippen molar-refractivity contribution in [3.8, 4) is 44.5 Å². The average Bonchev–Trinajstić information content (AvgIpc) is 3.20. The van der Waals surface area contributed by atoms with Crippen molar-refractivity contribution < 1.29 is 0 Å². The lowest BCUT2D eigenvalue weighted by atomic mass is 9.83. The van der Waals surface area contributed by atoms with Crippen LogP contribution in [0.3, 0.4) is 0 Å². The van der Waals surface area contributed by atoms with E-state index in [2.05, 4.69) is 194 Å². The van der Waals surface area contributed by atoms with Gasteiger partial charge in [0.1, 0.15) is 0 Å². The lowest BCUT2D eigenvalue weighted by Gasteiger charge is -2.20. The molecule has 0 heteroatoms. The second kappa shape index (κ2) is 11.6. The zero-order valence-electron chi connectivity index (χ0n) is 27.5. The van der Waals surface area contributed by atoms with Crippen molar-refractivity contribution in [2.24, 2.45) is 0 Å². The summed E-state index contributed by atoms with van der Waals surface area (Å²) in [6.45, 7) is 0. The van der Waals surface area contributed by atoms with Crippen molar-refractivity contribution in [1.29, 1.82) is 0 Å². The summed E-state index contributed by atoms with van der Waals surface area (Å²) >= 11 is 0. The molecule has 10 rings (SSSR count). The summed E-state index contributed by atoms with van der Waals surface area (Å²) in [4.78, 5) is 0. The number of hydrogen-bond donors (Lipinski definition) is 0. The first-order chi connectivity index (χ1) is 24.8. The number of benzene rings is 10. The summed E-state index contributed by atoms with van der Waals surface area (Å²) in [7, 11) is 0. The molecule has 0 bridgehead atoms. The lowest BCUT2D eigenvalue weighted by molar-refractivity contribution is 1.61. The SMILES string of the molecule is c1ccc(-c2ccc(-c3c4ccccc4c(-c4cc5ccccc5c5ccccc45)c4ccc(-c5ccc6ccccc6c5)cc34)cc2)cc1. The molecule has 0 aliphatic rings. The number of hydrogen-bond acceptors (Lipinski definition) is 0. The Bertz CT molecular complexity index is 2900. The summed E-state index contributed by atoms with van der Waals surface area (Å²) < 4.78 is 0. The highest BCUT2D eigenvalue weighted by Crippen LogP contribution is 2.47. The van der Waals surface area contributed by atoms with E-state index >= 15 is 0 Å². The maximum Gasteiger partial charge on any atom is -0.00199 e. The molecule has 0 fully saturated rings. The summed E-state index contributed by atoms with van der Waals surface area (Å²) in [6.07, 6.45) is 0. The van der Waals surface area contributed by atoms with E-state index in [9.17, 15) is 0 Å². The number of rotatable bonds is 4. The topological polar surface area (TPSA) is 0 Å². The van der Waals surface area contributed by atoms with Gasteiger partial charge in [0, 0.05) is 0 Å². The molecule has 0 aliphatic carbocycles. The van der Waals surface area contributed by atoms with Gasteiger partial charge in [0.05, 0.1) is 0 Å². The van der Waals surface area contributed by atoms with Gasteiger partial charge in [-0.15, -0.1) is 0 Å². The summed E-state index contributed by atoms with van der Waals surface area (Å²) in [5.74, 6) is 0. The fourth-order valence-electron chi connectivity index (χ4n) is 8.05. The lowest BCUT2D eigenvalue weighted by Crippen LogP contribution is -1.93. The van der Waals surface area contributed by atoms with E-state index in [1.165, 1.54) is 98.4 Å². The third-order valence-corrected chi connectivity index (χ3v) is 10.4. The molecular weight excluding hydrogens is 601 g/mol. The minimum absolute atomic E-state index is 1.22. The first kappa shape index (κ1) is 28.5. The minimum atomic E-state index is 1.22. The minimum Gasteiger partial charge on any atom is -0.0622 e. The smallest absolute Gasteiger partial charge is 0.00199 e. The molecule has 10 aromatic rings. The first-order valence-electron chi connectivity index (χ1n) is 17.3. The molecular formula is C50H32. The number of fused-ring (bicyclic) bond motifs is 6. The van der Waals surface area contributed by atoms with Gasteiger partial charge >= 0.3 is 0 Å². The molecule has 0 N–H and O–H groups in total. The maximum atomic E-state index is 2.43. The summed E-state index contributed by atoms with van der Waals surface area (Å²) in [5, 5.41) is 12.7. The fraction of sp³-hybridized carbons (Fsp3) is 0. The van der Waals surface area contributed by atoms with Crippen molar-refractivity contribution in [1.82, 2.24) is 0 Å². The Morgan fingerprint density at radius 3 is 1.48 bits per heavy atom. The second-order valence-corrected chi connectivity index (χ2v) is 13.3. The molecule has 0 heterocycles. The van der Waals surface area contributed by atoms with E-state index in [1.54, 1.807) is 0 Å². The van der Waals surface area contributed by atoms with Crippen LogP contribution in [0.1, 0.15) is 0 Å². The summed E-state index contributed by atoms with van der Waals surface area (Å²) in [5.41, 5.74) is 9.93. The third kappa shape index (κ3) is 4.61. The van der Waals surface area contributed by atoms with Crippen LogP contribution in [-0.4, -0.2) is 0 Å². The Morgan fingerprint density at radius 1 is 0.200 bits per heavy atom. The zero-order valence-corrected chi connectivity index (χ0v) is 27.5. The van der Waals surface area contributed by atoms with E-state index in [-0.39, 0.29) is 0 Å². The predicted octanol–water partition coefficient (Wildman–Crippen LogP) is 14.1. The first-order valence-corrected chi connectivity index (χ1v) is 17.3. The highest BCUT2D eigenvalue weighted by atomic mass is 14.2. The zero-order chi connectivity index (χ0) is 33.0. The normalized spacial score (nSPS) is 11.6. The standard InChI is InChI=1S/C50H32/c1-2-12-33(13-3-1)35-22-25-36(26-23-35)49-44-20-10-11-21-45(44)50(47-32-40-16-6-7-17-41(40)42-18-8-9-19-43(42)47)46-29-28-39(31-48(46)49)38-27-24-34-14-4-5-15-37(34)30-38/h1-32H. The van der Waals surface area contributed by atoms with E-state index in [4.69, 9.17) is 0 Å². The van der Waals surface area contributed by atoms with Gasteiger partial charge in [0.15, 0.2) is 0 Å². The van der Waals surface area contributed by atoms with Crippen LogP contribution < -0.4 is 0 Å². The second-order valence-electron chi connectivity index (χ2n) is 13.3. The molecule has 0 aliphatic heterocycles. The monoisotopic (exact) mass is 632 g/mol. The van der Waals surface area contributed by atoms with Gasteiger partial charge in [-0.2, -0.15) is 0 Å². The van der Waals surface area contributed by atoms with E-state index in [1.807, 2.05) is 0 Å².